The fraction of sp³-hybridized carbons (Fsp3) is 0.471. The maximum atomic E-state index is 12.9. The van der Waals surface area contributed by atoms with Gasteiger partial charge in [-0.25, -0.2) is 13.4 Å². The maximum Gasteiger partial charge on any atom is 0.284 e. The Morgan fingerprint density at radius 1 is 1.26 bits per heavy atom. The largest absolute Gasteiger partial charge is 0.284 e. The first-order valence-corrected chi connectivity index (χ1v) is 12.0. The molecule has 0 spiro atoms. The van der Waals surface area contributed by atoms with Crippen molar-refractivity contribution in [3.8, 4) is 0 Å². The lowest BCUT2D eigenvalue weighted by Gasteiger charge is -2.20. The summed E-state index contributed by atoms with van der Waals surface area (Å²) in [6.45, 7) is 2.84. The van der Waals surface area contributed by atoms with Gasteiger partial charge in [-0.05, 0) is 31.9 Å². The molecule has 27 heavy (non-hydrogen) atoms. The van der Waals surface area contributed by atoms with E-state index in [0.717, 1.165) is 36.4 Å². The van der Waals surface area contributed by atoms with E-state index in [-0.39, 0.29) is 10.6 Å². The number of aromatic nitrogens is 1. The van der Waals surface area contributed by atoms with Gasteiger partial charge in [-0.15, -0.1) is 23.1 Å². The molecule has 146 valence electrons. The summed E-state index contributed by atoms with van der Waals surface area (Å²) >= 11 is 2.82. The molecule has 1 aliphatic rings. The number of sulfonamides is 1. The smallest absolute Gasteiger partial charge is 0.258 e. The first kappa shape index (κ1) is 20.2. The Labute approximate surface area is 167 Å². The predicted molar refractivity (Wildman–Crippen MR) is 107 cm³/mol. The Kier molecular flexibility index (Phi) is 6.51. The molecule has 0 atom stereocenters. The summed E-state index contributed by atoms with van der Waals surface area (Å²) < 4.78 is 27.2. The van der Waals surface area contributed by atoms with Crippen LogP contribution in [0.15, 0.2) is 33.4 Å². The highest BCUT2D eigenvalue weighted by molar-refractivity contribution is 7.98. The Bertz CT molecular complexity index is 919. The molecule has 0 unspecified atom stereocenters. The monoisotopic (exact) mass is 427 g/mol. The Morgan fingerprint density at radius 3 is 2.56 bits per heavy atom. The molecule has 0 bridgehead atoms. The second kappa shape index (κ2) is 8.68. The van der Waals surface area contributed by atoms with Crippen LogP contribution in [0, 0.1) is 17.0 Å². The molecule has 7 nitrogen and oxygen atoms in total. The molecule has 0 radical (unpaired) electrons. The van der Waals surface area contributed by atoms with Gasteiger partial charge in [0.2, 0.25) is 10.0 Å². The normalized spacial score (nSPS) is 16.2. The standard InChI is InChI=1S/C17H21N3O4S3/c1-13-18-14(11-25-13)12-26-17-7-6-15(10-16(17)20(21)22)27(23,24)19-8-4-2-3-5-9-19/h6-7,10-11H,2-5,8-9,12H2,1H3. The van der Waals surface area contributed by atoms with E-state index >= 15 is 0 Å². The number of nitrogens with zero attached hydrogens (tertiary/aromatic N) is 3. The maximum absolute atomic E-state index is 12.9. The molecule has 1 saturated heterocycles. The molecule has 1 aromatic heterocycles. The highest BCUT2D eigenvalue weighted by Crippen LogP contribution is 2.34. The minimum absolute atomic E-state index is 0.00930. The zero-order chi connectivity index (χ0) is 19.4. The van der Waals surface area contributed by atoms with Gasteiger partial charge in [-0.1, -0.05) is 12.8 Å². The van der Waals surface area contributed by atoms with Gasteiger partial charge in [-0.2, -0.15) is 4.31 Å². The number of benzene rings is 1. The van der Waals surface area contributed by atoms with Gasteiger partial charge in [0.1, 0.15) is 0 Å². The number of nitro benzene ring substituents is 1. The molecule has 1 fully saturated rings. The number of thiazole rings is 1. The topological polar surface area (TPSA) is 93.4 Å². The molecule has 0 aliphatic carbocycles. The van der Waals surface area contributed by atoms with Gasteiger partial charge in [0.25, 0.3) is 5.69 Å². The highest BCUT2D eigenvalue weighted by Gasteiger charge is 2.28. The zero-order valence-electron chi connectivity index (χ0n) is 15.0. The Balaban J connectivity index is 1.85. The van der Waals surface area contributed by atoms with E-state index in [9.17, 15) is 18.5 Å². The van der Waals surface area contributed by atoms with Crippen LogP contribution in [0.5, 0.6) is 0 Å². The zero-order valence-corrected chi connectivity index (χ0v) is 17.4. The minimum atomic E-state index is -3.71. The van der Waals surface area contributed by atoms with Crippen molar-refractivity contribution in [2.24, 2.45) is 0 Å². The number of thioether (sulfide) groups is 1. The highest BCUT2D eigenvalue weighted by atomic mass is 32.2. The van der Waals surface area contributed by atoms with Crippen LogP contribution in [-0.2, 0) is 15.8 Å². The van der Waals surface area contributed by atoms with Gasteiger partial charge in [0.05, 0.1) is 25.4 Å². The fourth-order valence-corrected chi connectivity index (χ4v) is 6.13. The van der Waals surface area contributed by atoms with Crippen LogP contribution in [-0.4, -0.2) is 35.7 Å². The first-order valence-electron chi connectivity index (χ1n) is 8.70. The van der Waals surface area contributed by atoms with E-state index in [4.69, 9.17) is 0 Å². The third-order valence-electron chi connectivity index (χ3n) is 4.37. The molecule has 1 aromatic carbocycles. The summed E-state index contributed by atoms with van der Waals surface area (Å²) in [5.74, 6) is 0.503. The summed E-state index contributed by atoms with van der Waals surface area (Å²) in [5, 5.41) is 14.4. The fourth-order valence-electron chi connectivity index (χ4n) is 2.98. The van der Waals surface area contributed by atoms with Gasteiger partial charge in [0, 0.05) is 30.3 Å². The minimum Gasteiger partial charge on any atom is -0.258 e. The molecular formula is C17H21N3O4S3. The van der Waals surface area contributed by atoms with Crippen LogP contribution in [0.3, 0.4) is 0 Å². The summed E-state index contributed by atoms with van der Waals surface area (Å²) in [6.07, 6.45) is 3.67. The van der Waals surface area contributed by atoms with Crippen molar-refractivity contribution in [1.82, 2.24) is 9.29 Å². The van der Waals surface area contributed by atoms with E-state index in [0.29, 0.717) is 23.7 Å². The SMILES string of the molecule is Cc1nc(CSc2ccc(S(=O)(=O)N3CCCCCC3)cc2[N+](=O)[O-])cs1. The van der Waals surface area contributed by atoms with Crippen molar-refractivity contribution in [3.05, 3.63) is 44.4 Å². The lowest BCUT2D eigenvalue weighted by molar-refractivity contribution is -0.388. The molecule has 2 heterocycles. The lowest BCUT2D eigenvalue weighted by atomic mass is 10.2. The number of rotatable bonds is 6. The van der Waals surface area contributed by atoms with Crippen molar-refractivity contribution in [2.45, 2.75) is 48.2 Å². The van der Waals surface area contributed by atoms with Crippen LogP contribution in [0.2, 0.25) is 0 Å². The second-order valence-corrected chi connectivity index (χ2v) is 10.4. The summed E-state index contributed by atoms with van der Waals surface area (Å²) in [5.41, 5.74) is 0.681. The molecule has 1 aliphatic heterocycles. The van der Waals surface area contributed by atoms with Crippen LogP contribution in [0.25, 0.3) is 0 Å². The molecule has 0 saturated carbocycles. The van der Waals surface area contributed by atoms with Crippen LogP contribution in [0.1, 0.15) is 36.4 Å². The van der Waals surface area contributed by atoms with Crippen molar-refractivity contribution in [2.75, 3.05) is 13.1 Å². The Hall–Kier alpha value is -1.49. The van der Waals surface area contributed by atoms with Crippen LogP contribution < -0.4 is 0 Å². The van der Waals surface area contributed by atoms with E-state index < -0.39 is 14.9 Å². The van der Waals surface area contributed by atoms with Gasteiger partial charge >= 0.3 is 0 Å². The summed E-state index contributed by atoms with van der Waals surface area (Å²) in [6, 6.07) is 4.20. The van der Waals surface area contributed by atoms with E-state index in [1.54, 1.807) is 0 Å². The van der Waals surface area contributed by atoms with Crippen LogP contribution >= 0.6 is 23.1 Å². The van der Waals surface area contributed by atoms with Crippen molar-refractivity contribution < 1.29 is 13.3 Å². The molecule has 2 aromatic rings. The second-order valence-electron chi connectivity index (χ2n) is 6.35. The first-order chi connectivity index (χ1) is 12.9. The quantitative estimate of drug-likeness (QED) is 0.389. The van der Waals surface area contributed by atoms with Crippen LogP contribution in [0.4, 0.5) is 5.69 Å². The lowest BCUT2D eigenvalue weighted by Crippen LogP contribution is -2.31. The van der Waals surface area contributed by atoms with Gasteiger partial charge in [-0.3, -0.25) is 10.1 Å². The molecule has 0 amide bonds. The van der Waals surface area contributed by atoms with Crippen molar-refractivity contribution in [3.63, 3.8) is 0 Å². The third kappa shape index (κ3) is 4.87. The average molecular weight is 428 g/mol. The van der Waals surface area contributed by atoms with Crippen molar-refractivity contribution >= 4 is 38.8 Å². The summed E-state index contributed by atoms with van der Waals surface area (Å²) in [4.78, 5) is 15.8. The average Bonchev–Trinajstić information content (AvgIpc) is 2.88. The predicted octanol–water partition coefficient (Wildman–Crippen LogP) is 4.22. The number of hydrogen-bond donors (Lipinski definition) is 0. The number of hydrogen-bond acceptors (Lipinski definition) is 7. The molecular weight excluding hydrogens is 406 g/mol. The number of nitro groups is 1. The van der Waals surface area contributed by atoms with Gasteiger partial charge in [0.15, 0.2) is 0 Å². The summed E-state index contributed by atoms with van der Waals surface area (Å²) in [7, 11) is -3.71. The third-order valence-corrected chi connectivity index (χ3v) is 8.19. The molecule has 3 rings (SSSR count). The molecule has 0 N–H and O–H groups in total. The van der Waals surface area contributed by atoms with E-state index in [1.807, 2.05) is 12.3 Å². The van der Waals surface area contributed by atoms with E-state index in [1.165, 1.54) is 45.6 Å². The number of aryl methyl sites for hydroxylation is 1. The molecule has 10 heteroatoms. The van der Waals surface area contributed by atoms with Gasteiger partial charge < -0.3 is 0 Å². The Morgan fingerprint density at radius 2 is 1.96 bits per heavy atom. The van der Waals surface area contributed by atoms with E-state index in [2.05, 4.69) is 4.98 Å². The van der Waals surface area contributed by atoms with Crippen molar-refractivity contribution in [1.29, 1.82) is 0 Å².